The molecule has 0 spiro atoms. The van der Waals surface area contributed by atoms with E-state index >= 15 is 0 Å². The Hall–Kier alpha value is -1.47. The van der Waals surface area contributed by atoms with E-state index < -0.39 is 5.31 Å². The molecule has 0 aliphatic rings. The van der Waals surface area contributed by atoms with Gasteiger partial charge in [-0.15, -0.1) is 0 Å². The van der Waals surface area contributed by atoms with Crippen molar-refractivity contribution in [2.24, 2.45) is 0 Å². The van der Waals surface area contributed by atoms with Crippen LogP contribution < -0.4 is 21.2 Å². The summed E-state index contributed by atoms with van der Waals surface area (Å²) in [6, 6.07) is 32.9. The van der Waals surface area contributed by atoms with Gasteiger partial charge in [0.2, 0.25) is 0 Å². The van der Waals surface area contributed by atoms with Crippen LogP contribution in [0, 0.1) is 0 Å². The molecule has 3 heteroatoms. The Morgan fingerprint density at radius 2 is 1.04 bits per heavy atom. The molecule has 0 saturated carbocycles. The standard InChI is InChI=1S/C22H25BrNP/c1-24-18-11-19-25(23,20-12-5-2-6-13-20,21-14-7-3-8-15-21)22-16-9-4-10-17-22/h2-10,12-17,24H,11,18-19H2,1H3. The molecule has 0 unspecified atom stereocenters. The van der Waals surface area contributed by atoms with Gasteiger partial charge >= 0.3 is 159 Å². The molecule has 0 atom stereocenters. The van der Waals surface area contributed by atoms with Crippen LogP contribution in [0.3, 0.4) is 0 Å². The van der Waals surface area contributed by atoms with Gasteiger partial charge in [0.15, 0.2) is 0 Å². The summed E-state index contributed by atoms with van der Waals surface area (Å²) in [4.78, 5) is 0. The molecule has 3 aromatic rings. The maximum absolute atomic E-state index is 4.45. The Morgan fingerprint density at radius 1 is 0.680 bits per heavy atom. The van der Waals surface area contributed by atoms with Crippen LogP contribution >= 0.6 is 20.8 Å². The second-order valence-electron chi connectivity index (χ2n) is 6.37. The molecule has 0 amide bonds. The van der Waals surface area contributed by atoms with Crippen LogP contribution in [0.1, 0.15) is 6.42 Å². The fraction of sp³-hybridized carbons (Fsp3) is 0.182. The summed E-state index contributed by atoms with van der Waals surface area (Å²) in [5, 5.41) is 4.79. The summed E-state index contributed by atoms with van der Waals surface area (Å²) >= 11 is 4.45. The molecule has 3 rings (SSSR count). The molecule has 25 heavy (non-hydrogen) atoms. The summed E-state index contributed by atoms with van der Waals surface area (Å²) in [5.41, 5.74) is 0. The van der Waals surface area contributed by atoms with E-state index in [1.54, 1.807) is 0 Å². The van der Waals surface area contributed by atoms with Crippen LogP contribution in [-0.2, 0) is 0 Å². The van der Waals surface area contributed by atoms with Crippen molar-refractivity contribution in [3.63, 3.8) is 0 Å². The van der Waals surface area contributed by atoms with Gasteiger partial charge in [-0.25, -0.2) is 0 Å². The van der Waals surface area contributed by atoms with E-state index in [4.69, 9.17) is 0 Å². The molecule has 0 aliphatic heterocycles. The van der Waals surface area contributed by atoms with Gasteiger partial charge in [-0.2, -0.15) is 0 Å². The average Bonchev–Trinajstić information content (AvgIpc) is 2.70. The van der Waals surface area contributed by atoms with Gasteiger partial charge in [0.05, 0.1) is 0 Å². The first-order valence-electron chi connectivity index (χ1n) is 8.74. The van der Waals surface area contributed by atoms with Gasteiger partial charge < -0.3 is 0 Å². The summed E-state index contributed by atoms with van der Waals surface area (Å²) in [7, 11) is 2.02. The van der Waals surface area contributed by atoms with Gasteiger partial charge in [0.1, 0.15) is 0 Å². The van der Waals surface area contributed by atoms with Gasteiger partial charge in [-0.1, -0.05) is 0 Å². The SMILES string of the molecule is CNCCCP(Br)(c1ccccc1)(c1ccccc1)c1ccccc1. The van der Waals surface area contributed by atoms with Crippen molar-refractivity contribution in [2.45, 2.75) is 6.42 Å². The monoisotopic (exact) mass is 413 g/mol. The molecule has 3 aromatic carbocycles. The zero-order valence-corrected chi connectivity index (χ0v) is 17.1. The molecule has 0 saturated heterocycles. The van der Waals surface area contributed by atoms with Gasteiger partial charge in [-0.05, 0) is 0 Å². The molecule has 1 N–H and O–H groups in total. The third kappa shape index (κ3) is 3.31. The van der Waals surface area contributed by atoms with Crippen LogP contribution in [0.4, 0.5) is 0 Å². The molecular formula is C22H25BrNP. The first-order valence-corrected chi connectivity index (χ1v) is 13.2. The van der Waals surface area contributed by atoms with E-state index in [1.165, 1.54) is 15.9 Å². The van der Waals surface area contributed by atoms with Crippen LogP contribution in [0.5, 0.6) is 0 Å². The first kappa shape index (κ1) is 18.3. The van der Waals surface area contributed by atoms with Crippen molar-refractivity contribution in [1.29, 1.82) is 0 Å². The van der Waals surface area contributed by atoms with Gasteiger partial charge in [0, 0.05) is 0 Å². The topological polar surface area (TPSA) is 12.0 Å². The van der Waals surface area contributed by atoms with E-state index in [-0.39, 0.29) is 0 Å². The summed E-state index contributed by atoms with van der Waals surface area (Å²) in [6.07, 6.45) is 2.20. The Balaban J connectivity index is 2.32. The number of benzene rings is 3. The molecule has 0 aromatic heterocycles. The number of halogens is 1. The summed E-state index contributed by atoms with van der Waals surface area (Å²) in [6.45, 7) is 1.01. The number of rotatable bonds is 7. The number of nitrogens with one attached hydrogen (secondary N) is 1. The molecule has 0 fully saturated rings. The van der Waals surface area contributed by atoms with Gasteiger partial charge in [0.25, 0.3) is 0 Å². The van der Waals surface area contributed by atoms with Gasteiger partial charge in [-0.3, -0.25) is 0 Å². The minimum absolute atomic E-state index is 1.01. The van der Waals surface area contributed by atoms with Crippen LogP contribution in [0.2, 0.25) is 0 Å². The van der Waals surface area contributed by atoms with E-state index in [0.717, 1.165) is 19.1 Å². The molecule has 130 valence electrons. The van der Waals surface area contributed by atoms with E-state index in [9.17, 15) is 0 Å². The second-order valence-corrected chi connectivity index (χ2v) is 15.4. The second kappa shape index (κ2) is 7.83. The maximum atomic E-state index is 4.45. The van der Waals surface area contributed by atoms with Crippen molar-refractivity contribution < 1.29 is 0 Å². The zero-order valence-electron chi connectivity index (χ0n) is 14.6. The fourth-order valence-corrected chi connectivity index (χ4v) is 11.3. The predicted octanol–water partition coefficient (Wildman–Crippen LogP) is 4.44. The molecular weight excluding hydrogens is 389 g/mol. The molecule has 0 aliphatic carbocycles. The van der Waals surface area contributed by atoms with Crippen molar-refractivity contribution in [1.82, 2.24) is 5.32 Å². The van der Waals surface area contributed by atoms with E-state index in [2.05, 4.69) is 112 Å². The van der Waals surface area contributed by atoms with E-state index in [1.807, 2.05) is 7.05 Å². The van der Waals surface area contributed by atoms with Crippen LogP contribution in [0.25, 0.3) is 0 Å². The molecule has 0 heterocycles. The Kier molecular flexibility index (Phi) is 5.74. The third-order valence-corrected chi connectivity index (χ3v) is 14.9. The molecule has 0 radical (unpaired) electrons. The first-order chi connectivity index (χ1) is 12.2. The van der Waals surface area contributed by atoms with Crippen molar-refractivity contribution >= 4 is 36.7 Å². The fourth-order valence-electron chi connectivity index (χ4n) is 3.60. The third-order valence-electron chi connectivity index (χ3n) is 4.89. The Labute approximate surface area is 159 Å². The summed E-state index contributed by atoms with van der Waals surface area (Å²) in [5.74, 6) is 0. The average molecular weight is 414 g/mol. The zero-order chi connectivity index (χ0) is 17.6. The van der Waals surface area contributed by atoms with Crippen molar-refractivity contribution in [3.05, 3.63) is 91.0 Å². The predicted molar refractivity (Wildman–Crippen MR) is 117 cm³/mol. The van der Waals surface area contributed by atoms with Crippen LogP contribution in [-0.4, -0.2) is 19.8 Å². The van der Waals surface area contributed by atoms with Crippen molar-refractivity contribution in [2.75, 3.05) is 19.8 Å². The Bertz CT molecular complexity index is 691. The van der Waals surface area contributed by atoms with Crippen LogP contribution in [0.15, 0.2) is 91.0 Å². The number of hydrogen-bond donors (Lipinski definition) is 1. The molecule has 0 bridgehead atoms. The normalized spacial score (nSPS) is 13.1. The van der Waals surface area contributed by atoms with Crippen molar-refractivity contribution in [3.8, 4) is 0 Å². The number of hydrogen-bond acceptors (Lipinski definition) is 1. The Morgan fingerprint density at radius 3 is 1.36 bits per heavy atom. The summed E-state index contributed by atoms with van der Waals surface area (Å²) < 4.78 is 0. The minimum atomic E-state index is -2.70. The van der Waals surface area contributed by atoms with E-state index in [0.29, 0.717) is 0 Å². The quantitative estimate of drug-likeness (QED) is 0.446. The molecule has 1 nitrogen and oxygen atoms in total.